The molecule has 1 N–H and O–H groups in total. The van der Waals surface area contributed by atoms with E-state index in [0.29, 0.717) is 41.3 Å². The maximum Gasteiger partial charge on any atom is 0.234 e. The van der Waals surface area contributed by atoms with Gasteiger partial charge in [-0.15, -0.1) is 16.8 Å². The average Bonchev–Trinajstić information content (AvgIpc) is 3.16. The van der Waals surface area contributed by atoms with Crippen LogP contribution in [0.1, 0.15) is 12.7 Å². The number of nitrogens with one attached hydrogen (secondary N) is 1. The van der Waals surface area contributed by atoms with Gasteiger partial charge in [0.25, 0.3) is 0 Å². The van der Waals surface area contributed by atoms with Gasteiger partial charge < -0.3 is 14.8 Å². The Morgan fingerprint density at radius 2 is 2.09 bits per heavy atom. The molecule has 1 heterocycles. The fourth-order valence-corrected chi connectivity index (χ4v) is 3.66. The number of anilines is 1. The van der Waals surface area contributed by atoms with Gasteiger partial charge in [0.05, 0.1) is 23.1 Å². The molecule has 1 aromatic heterocycles. The monoisotopic (exact) mass is 476 g/mol. The normalized spacial score (nSPS) is 10.6. The van der Waals surface area contributed by atoms with E-state index in [1.54, 1.807) is 22.8 Å². The zero-order valence-corrected chi connectivity index (χ0v) is 19.0. The van der Waals surface area contributed by atoms with Gasteiger partial charge in [0.2, 0.25) is 5.91 Å². The quantitative estimate of drug-likeness (QED) is 0.311. The summed E-state index contributed by atoms with van der Waals surface area (Å²) in [6.07, 6.45) is 1.70. The van der Waals surface area contributed by atoms with E-state index in [-0.39, 0.29) is 23.3 Å². The van der Waals surface area contributed by atoms with Crippen LogP contribution in [0.2, 0.25) is 5.02 Å². The summed E-state index contributed by atoms with van der Waals surface area (Å²) in [6.45, 7) is 6.67. The van der Waals surface area contributed by atoms with Gasteiger partial charge in [-0.05, 0) is 31.2 Å². The van der Waals surface area contributed by atoms with Crippen molar-refractivity contribution < 1.29 is 18.7 Å². The molecule has 168 valence electrons. The Labute approximate surface area is 194 Å². The molecule has 0 aliphatic heterocycles. The van der Waals surface area contributed by atoms with E-state index in [9.17, 15) is 9.18 Å². The first-order chi connectivity index (χ1) is 15.5. The summed E-state index contributed by atoms with van der Waals surface area (Å²) in [5.74, 6) is 0.970. The van der Waals surface area contributed by atoms with Crippen LogP contribution >= 0.6 is 23.4 Å². The van der Waals surface area contributed by atoms with E-state index in [4.69, 9.17) is 21.1 Å². The van der Waals surface area contributed by atoms with Crippen molar-refractivity contribution in [3.63, 3.8) is 0 Å². The van der Waals surface area contributed by atoms with Crippen molar-refractivity contribution >= 4 is 35.0 Å². The summed E-state index contributed by atoms with van der Waals surface area (Å²) >= 11 is 7.03. The molecular weight excluding hydrogens is 455 g/mol. The lowest BCUT2D eigenvalue weighted by molar-refractivity contribution is -0.113. The van der Waals surface area contributed by atoms with Crippen molar-refractivity contribution in [3.8, 4) is 11.5 Å². The van der Waals surface area contributed by atoms with Gasteiger partial charge in [-0.3, -0.25) is 9.36 Å². The predicted molar refractivity (Wildman–Crippen MR) is 123 cm³/mol. The van der Waals surface area contributed by atoms with E-state index in [2.05, 4.69) is 22.1 Å². The summed E-state index contributed by atoms with van der Waals surface area (Å²) in [7, 11) is 0. The molecule has 1 amide bonds. The van der Waals surface area contributed by atoms with E-state index in [1.807, 2.05) is 19.1 Å². The molecule has 0 aliphatic rings. The first kappa shape index (κ1) is 23.6. The molecule has 7 nitrogen and oxygen atoms in total. The average molecular weight is 477 g/mol. The Morgan fingerprint density at radius 3 is 2.84 bits per heavy atom. The lowest BCUT2D eigenvalue weighted by Crippen LogP contribution is -2.15. The molecule has 0 saturated carbocycles. The molecule has 0 saturated heterocycles. The smallest absolute Gasteiger partial charge is 0.234 e. The van der Waals surface area contributed by atoms with Gasteiger partial charge in [0.15, 0.2) is 11.0 Å². The highest BCUT2D eigenvalue weighted by atomic mass is 35.5. The van der Waals surface area contributed by atoms with Crippen molar-refractivity contribution in [2.75, 3.05) is 17.7 Å². The lowest BCUT2D eigenvalue weighted by atomic mass is 10.3. The molecule has 0 spiro atoms. The lowest BCUT2D eigenvalue weighted by Gasteiger charge is -2.11. The molecule has 32 heavy (non-hydrogen) atoms. The van der Waals surface area contributed by atoms with E-state index >= 15 is 0 Å². The van der Waals surface area contributed by atoms with Gasteiger partial charge in [-0.1, -0.05) is 41.6 Å². The fraction of sp³-hybridized carbons (Fsp3) is 0.227. The number of carbonyl (C=O) groups is 1. The van der Waals surface area contributed by atoms with E-state index < -0.39 is 5.82 Å². The second-order valence-electron chi connectivity index (χ2n) is 6.43. The SMILES string of the molecule is C=CCn1c(COc2ccc(F)c(Cl)c2)nnc1SCC(=O)Nc1ccccc1OCC. The van der Waals surface area contributed by atoms with Gasteiger partial charge in [0.1, 0.15) is 23.9 Å². The number of benzene rings is 2. The number of nitrogens with zero attached hydrogens (tertiary/aromatic N) is 3. The molecule has 0 fully saturated rings. The van der Waals surface area contributed by atoms with Crippen LogP contribution in [0.3, 0.4) is 0 Å². The fourth-order valence-electron chi connectivity index (χ4n) is 2.73. The van der Waals surface area contributed by atoms with Crippen molar-refractivity contribution in [2.45, 2.75) is 25.2 Å². The molecule has 3 rings (SSSR count). The van der Waals surface area contributed by atoms with Crippen LogP contribution < -0.4 is 14.8 Å². The topological polar surface area (TPSA) is 78.3 Å². The minimum Gasteiger partial charge on any atom is -0.492 e. The number of ether oxygens (including phenoxy) is 2. The van der Waals surface area contributed by atoms with E-state index in [1.165, 1.54) is 30.0 Å². The number of para-hydroxylation sites is 2. The number of thioether (sulfide) groups is 1. The summed E-state index contributed by atoms with van der Waals surface area (Å²) in [4.78, 5) is 12.5. The van der Waals surface area contributed by atoms with Gasteiger partial charge in [-0.25, -0.2) is 4.39 Å². The third-order valence-corrected chi connectivity index (χ3v) is 5.41. The summed E-state index contributed by atoms with van der Waals surface area (Å²) in [5.41, 5.74) is 0.611. The number of amides is 1. The number of halogens is 2. The number of rotatable bonds is 11. The molecule has 0 bridgehead atoms. The first-order valence-corrected chi connectivity index (χ1v) is 11.1. The van der Waals surface area contributed by atoms with Crippen molar-refractivity contribution in [2.24, 2.45) is 0 Å². The molecule has 0 aliphatic carbocycles. The predicted octanol–water partition coefficient (Wildman–Crippen LogP) is 4.97. The summed E-state index contributed by atoms with van der Waals surface area (Å²) in [6, 6.07) is 11.4. The van der Waals surface area contributed by atoms with E-state index in [0.717, 1.165) is 0 Å². The minimum atomic E-state index is -0.519. The molecule has 0 atom stereocenters. The molecule has 0 radical (unpaired) electrons. The molecule has 3 aromatic rings. The third kappa shape index (κ3) is 6.24. The molecular formula is C22H22ClFN4O3S. The number of carbonyl (C=O) groups excluding carboxylic acids is 1. The highest BCUT2D eigenvalue weighted by Crippen LogP contribution is 2.25. The maximum atomic E-state index is 13.3. The van der Waals surface area contributed by atoms with Crippen LogP contribution in [-0.2, 0) is 17.9 Å². The van der Waals surface area contributed by atoms with Crippen LogP contribution in [0.25, 0.3) is 0 Å². The maximum absolute atomic E-state index is 13.3. The van der Waals surface area contributed by atoms with Crippen molar-refractivity contribution in [1.82, 2.24) is 14.8 Å². The second-order valence-corrected chi connectivity index (χ2v) is 7.78. The highest BCUT2D eigenvalue weighted by molar-refractivity contribution is 7.99. The highest BCUT2D eigenvalue weighted by Gasteiger charge is 2.15. The van der Waals surface area contributed by atoms with Gasteiger partial charge in [-0.2, -0.15) is 0 Å². The number of hydrogen-bond acceptors (Lipinski definition) is 6. The van der Waals surface area contributed by atoms with Crippen LogP contribution in [0.5, 0.6) is 11.5 Å². The molecule has 2 aromatic carbocycles. The number of aromatic nitrogens is 3. The Hall–Kier alpha value is -3.04. The minimum absolute atomic E-state index is 0.0248. The molecule has 10 heteroatoms. The Balaban J connectivity index is 1.63. The van der Waals surface area contributed by atoms with Gasteiger partial charge >= 0.3 is 0 Å². The standard InChI is InChI=1S/C22H22ClFN4O3S/c1-3-11-28-20(13-31-15-9-10-17(24)16(23)12-15)26-27-22(28)32-14-21(29)25-18-7-5-6-8-19(18)30-4-2/h3,5-10,12H,1,4,11,13-14H2,2H3,(H,25,29). The number of allylic oxidation sites excluding steroid dienone is 1. The second kappa shape index (κ2) is 11.5. The van der Waals surface area contributed by atoms with Crippen molar-refractivity contribution in [3.05, 3.63) is 71.8 Å². The summed E-state index contributed by atoms with van der Waals surface area (Å²) < 4.78 is 26.3. The third-order valence-electron chi connectivity index (χ3n) is 4.16. The molecule has 0 unspecified atom stereocenters. The largest absolute Gasteiger partial charge is 0.492 e. The number of hydrogen-bond donors (Lipinski definition) is 1. The zero-order chi connectivity index (χ0) is 22.9. The zero-order valence-electron chi connectivity index (χ0n) is 17.4. The van der Waals surface area contributed by atoms with Crippen LogP contribution in [0.15, 0.2) is 60.3 Å². The summed E-state index contributed by atoms with van der Waals surface area (Å²) in [5, 5.41) is 11.7. The van der Waals surface area contributed by atoms with Crippen LogP contribution in [0.4, 0.5) is 10.1 Å². The Bertz CT molecular complexity index is 1090. The van der Waals surface area contributed by atoms with Crippen LogP contribution in [0, 0.1) is 5.82 Å². The Morgan fingerprint density at radius 1 is 1.28 bits per heavy atom. The van der Waals surface area contributed by atoms with Gasteiger partial charge in [0, 0.05) is 12.6 Å². The Kier molecular flexibility index (Phi) is 8.52. The van der Waals surface area contributed by atoms with Crippen molar-refractivity contribution in [1.29, 1.82) is 0 Å². The van der Waals surface area contributed by atoms with Crippen LogP contribution in [-0.4, -0.2) is 33.0 Å². The first-order valence-electron chi connectivity index (χ1n) is 9.77.